The first-order chi connectivity index (χ1) is 10.5. The molecule has 22 heavy (non-hydrogen) atoms. The molecule has 2 aromatic carbocycles. The van der Waals surface area contributed by atoms with E-state index in [1.54, 1.807) is 7.11 Å². The molecule has 0 spiro atoms. The number of halogens is 1. The van der Waals surface area contributed by atoms with Crippen LogP contribution in [0.2, 0.25) is 0 Å². The number of benzene rings is 2. The topological polar surface area (TPSA) is 9.23 Å². The summed E-state index contributed by atoms with van der Waals surface area (Å²) in [6.45, 7) is 8.12. The van der Waals surface area contributed by atoms with E-state index in [0.29, 0.717) is 0 Å². The van der Waals surface area contributed by atoms with E-state index >= 15 is 0 Å². The molecule has 0 saturated carbocycles. The van der Waals surface area contributed by atoms with Gasteiger partial charge >= 0.3 is 0 Å². The SMILES string of the molecule is C=C=Cc1cc(C(C)(C)I)cc(Cc2ccccc2)c1OC. The standard InChI is InChI=1S/C20H21IO/c1-5-9-16-13-18(20(2,3)21)14-17(19(16)22-4)12-15-10-7-6-8-11-15/h6-11,13-14H,1,12H2,2-4H3. The summed E-state index contributed by atoms with van der Waals surface area (Å²) in [4.78, 5) is 0. The molecule has 0 aromatic heterocycles. The summed E-state index contributed by atoms with van der Waals surface area (Å²) in [6.07, 6.45) is 2.74. The van der Waals surface area contributed by atoms with E-state index in [0.717, 1.165) is 17.7 Å². The lowest BCUT2D eigenvalue weighted by Gasteiger charge is -2.21. The number of methoxy groups -OCH3 is 1. The minimum atomic E-state index is 0.0548. The highest BCUT2D eigenvalue weighted by molar-refractivity contribution is 14.1. The Morgan fingerprint density at radius 3 is 2.45 bits per heavy atom. The number of rotatable bonds is 5. The van der Waals surface area contributed by atoms with Crippen molar-refractivity contribution in [1.82, 2.24) is 0 Å². The van der Waals surface area contributed by atoms with Crippen LogP contribution < -0.4 is 4.74 Å². The third kappa shape index (κ3) is 4.02. The fourth-order valence-corrected chi connectivity index (χ4v) is 2.78. The van der Waals surface area contributed by atoms with Gasteiger partial charge in [0.1, 0.15) is 5.75 Å². The highest BCUT2D eigenvalue weighted by Gasteiger charge is 2.20. The molecule has 0 N–H and O–H groups in total. The average Bonchev–Trinajstić information content (AvgIpc) is 2.47. The Hall–Kier alpha value is -1.51. The van der Waals surface area contributed by atoms with Gasteiger partial charge in [-0.1, -0.05) is 65.6 Å². The van der Waals surface area contributed by atoms with Crippen molar-refractivity contribution in [2.75, 3.05) is 7.11 Å². The molecule has 2 rings (SSSR count). The van der Waals surface area contributed by atoms with E-state index in [4.69, 9.17) is 4.74 Å². The van der Waals surface area contributed by atoms with Crippen LogP contribution in [-0.2, 0) is 9.84 Å². The summed E-state index contributed by atoms with van der Waals surface area (Å²) in [5.41, 5.74) is 7.65. The van der Waals surface area contributed by atoms with Gasteiger partial charge in [0.2, 0.25) is 0 Å². The van der Waals surface area contributed by atoms with Gasteiger partial charge in [-0.15, -0.1) is 5.73 Å². The van der Waals surface area contributed by atoms with E-state index < -0.39 is 0 Å². The first kappa shape index (κ1) is 16.9. The molecule has 0 aliphatic rings. The van der Waals surface area contributed by atoms with E-state index in [-0.39, 0.29) is 3.42 Å². The van der Waals surface area contributed by atoms with Gasteiger partial charge in [-0.3, -0.25) is 0 Å². The molecular formula is C20H21IO. The van der Waals surface area contributed by atoms with Crippen molar-refractivity contribution in [2.24, 2.45) is 0 Å². The van der Waals surface area contributed by atoms with Gasteiger partial charge in [-0.2, -0.15) is 0 Å². The highest BCUT2D eigenvalue weighted by Crippen LogP contribution is 2.37. The summed E-state index contributed by atoms with van der Waals surface area (Å²) in [5.74, 6) is 0.907. The Morgan fingerprint density at radius 1 is 1.23 bits per heavy atom. The minimum absolute atomic E-state index is 0.0548. The highest BCUT2D eigenvalue weighted by atomic mass is 127. The number of hydrogen-bond donors (Lipinski definition) is 0. The molecule has 0 saturated heterocycles. The molecule has 1 nitrogen and oxygen atoms in total. The van der Waals surface area contributed by atoms with E-state index in [2.05, 4.69) is 85.1 Å². The molecule has 0 aliphatic heterocycles. The lowest BCUT2D eigenvalue weighted by atomic mass is 9.93. The lowest BCUT2D eigenvalue weighted by molar-refractivity contribution is 0.409. The molecule has 2 heteroatoms. The minimum Gasteiger partial charge on any atom is -0.496 e. The number of ether oxygens (including phenoxy) is 1. The molecule has 0 unspecified atom stereocenters. The molecule has 0 amide bonds. The molecule has 0 atom stereocenters. The predicted octanol–water partition coefficient (Wildman–Crippen LogP) is 5.75. The zero-order chi connectivity index (χ0) is 16.2. The van der Waals surface area contributed by atoms with Crippen molar-refractivity contribution >= 4 is 28.7 Å². The van der Waals surface area contributed by atoms with Crippen LogP contribution in [0.4, 0.5) is 0 Å². The third-order valence-electron chi connectivity index (χ3n) is 3.58. The summed E-state index contributed by atoms with van der Waals surface area (Å²) in [5, 5.41) is 0. The van der Waals surface area contributed by atoms with Crippen LogP contribution in [0.3, 0.4) is 0 Å². The lowest BCUT2D eigenvalue weighted by Crippen LogP contribution is -2.09. The zero-order valence-corrected chi connectivity index (χ0v) is 15.5. The van der Waals surface area contributed by atoms with Crippen LogP contribution in [0, 0.1) is 0 Å². The molecule has 0 bridgehead atoms. The van der Waals surface area contributed by atoms with Crippen molar-refractivity contribution in [2.45, 2.75) is 23.7 Å². The summed E-state index contributed by atoms with van der Waals surface area (Å²) in [7, 11) is 1.72. The molecule has 0 aliphatic carbocycles. The smallest absolute Gasteiger partial charge is 0.130 e. The van der Waals surface area contributed by atoms with Gasteiger partial charge in [-0.25, -0.2) is 0 Å². The zero-order valence-electron chi connectivity index (χ0n) is 13.3. The average molecular weight is 404 g/mol. The Bertz CT molecular complexity index is 690. The normalized spacial score (nSPS) is 10.9. The fourth-order valence-electron chi connectivity index (χ4n) is 2.47. The largest absolute Gasteiger partial charge is 0.496 e. The number of hydrogen-bond acceptors (Lipinski definition) is 1. The van der Waals surface area contributed by atoms with Gasteiger partial charge in [0.15, 0.2) is 0 Å². The molecular weight excluding hydrogens is 383 g/mol. The molecule has 2 aromatic rings. The van der Waals surface area contributed by atoms with Crippen molar-refractivity contribution in [1.29, 1.82) is 0 Å². The Labute approximate surface area is 146 Å². The molecule has 114 valence electrons. The second-order valence-electron chi connectivity index (χ2n) is 5.74. The van der Waals surface area contributed by atoms with Crippen LogP contribution in [0.15, 0.2) is 54.8 Å². The van der Waals surface area contributed by atoms with Crippen molar-refractivity contribution in [3.63, 3.8) is 0 Å². The van der Waals surface area contributed by atoms with Crippen molar-refractivity contribution in [3.8, 4) is 5.75 Å². The fraction of sp³-hybridized carbons (Fsp3) is 0.250. The first-order valence-corrected chi connectivity index (χ1v) is 8.33. The van der Waals surface area contributed by atoms with Crippen molar-refractivity contribution < 1.29 is 4.74 Å². The Kier molecular flexibility index (Phi) is 5.49. The quantitative estimate of drug-likeness (QED) is 0.350. The van der Waals surface area contributed by atoms with E-state index in [1.165, 1.54) is 16.7 Å². The van der Waals surface area contributed by atoms with Crippen LogP contribution in [0.1, 0.15) is 36.1 Å². The predicted molar refractivity (Wildman–Crippen MR) is 103 cm³/mol. The maximum atomic E-state index is 5.67. The van der Waals surface area contributed by atoms with Crippen LogP contribution >= 0.6 is 22.6 Å². The summed E-state index contributed by atoms with van der Waals surface area (Å²) in [6, 6.07) is 14.9. The Balaban J connectivity index is 2.59. The van der Waals surface area contributed by atoms with Crippen LogP contribution in [-0.4, -0.2) is 7.11 Å². The van der Waals surface area contributed by atoms with E-state index in [1.807, 2.05) is 12.1 Å². The number of alkyl halides is 1. The van der Waals surface area contributed by atoms with Gasteiger partial charge in [-0.05, 0) is 42.7 Å². The summed E-state index contributed by atoms with van der Waals surface area (Å²) >= 11 is 2.47. The van der Waals surface area contributed by atoms with Gasteiger partial charge in [0.25, 0.3) is 0 Å². The van der Waals surface area contributed by atoms with Gasteiger partial charge in [0, 0.05) is 15.4 Å². The maximum Gasteiger partial charge on any atom is 0.130 e. The second kappa shape index (κ2) is 7.17. The van der Waals surface area contributed by atoms with Gasteiger partial charge < -0.3 is 4.74 Å². The molecule has 0 heterocycles. The molecule has 0 radical (unpaired) electrons. The maximum absolute atomic E-state index is 5.67. The van der Waals surface area contributed by atoms with Crippen LogP contribution in [0.5, 0.6) is 5.75 Å². The third-order valence-corrected chi connectivity index (χ3v) is 4.20. The summed E-state index contributed by atoms with van der Waals surface area (Å²) < 4.78 is 5.72. The van der Waals surface area contributed by atoms with E-state index in [9.17, 15) is 0 Å². The Morgan fingerprint density at radius 2 is 1.91 bits per heavy atom. The van der Waals surface area contributed by atoms with Crippen LogP contribution in [0.25, 0.3) is 6.08 Å². The van der Waals surface area contributed by atoms with Gasteiger partial charge in [0.05, 0.1) is 7.11 Å². The molecule has 0 fully saturated rings. The second-order valence-corrected chi connectivity index (χ2v) is 8.44. The first-order valence-electron chi connectivity index (χ1n) is 7.25. The monoisotopic (exact) mass is 404 g/mol. The van der Waals surface area contributed by atoms with Crippen molar-refractivity contribution in [3.05, 3.63) is 77.0 Å².